The number of benzene rings is 1. The molecule has 1 atom stereocenters. The van der Waals surface area contributed by atoms with Crippen molar-refractivity contribution in [3.8, 4) is 10.6 Å². The van der Waals surface area contributed by atoms with Gasteiger partial charge in [-0.3, -0.25) is 4.79 Å². The number of thiophene rings is 1. The molecule has 2 aromatic heterocycles. The molecule has 0 unspecified atom stereocenters. The SMILES string of the molecule is Cc1cc2nc(-c3cccs3)cc(C(=O)N3CCCC[C@H]3C)c2cc1C. The van der Waals surface area contributed by atoms with E-state index in [9.17, 15) is 4.79 Å². The van der Waals surface area contributed by atoms with E-state index in [1.54, 1.807) is 11.3 Å². The largest absolute Gasteiger partial charge is 0.336 e. The lowest BCUT2D eigenvalue weighted by molar-refractivity contribution is 0.0637. The zero-order valence-electron chi connectivity index (χ0n) is 15.6. The van der Waals surface area contributed by atoms with Crippen LogP contribution in [-0.4, -0.2) is 28.4 Å². The van der Waals surface area contributed by atoms with Crippen molar-refractivity contribution in [3.05, 3.63) is 52.4 Å². The quantitative estimate of drug-likeness (QED) is 0.593. The topological polar surface area (TPSA) is 33.2 Å². The second-order valence-corrected chi connectivity index (χ2v) is 8.28. The number of aromatic nitrogens is 1. The molecule has 134 valence electrons. The van der Waals surface area contributed by atoms with Crippen LogP contribution in [0.3, 0.4) is 0 Å². The van der Waals surface area contributed by atoms with Gasteiger partial charge in [0.05, 0.1) is 21.7 Å². The van der Waals surface area contributed by atoms with Crippen LogP contribution in [0.4, 0.5) is 0 Å². The Morgan fingerprint density at radius 3 is 2.73 bits per heavy atom. The summed E-state index contributed by atoms with van der Waals surface area (Å²) in [6.07, 6.45) is 3.39. The Labute approximate surface area is 158 Å². The molecular formula is C22H24N2OS. The molecule has 4 heteroatoms. The third kappa shape index (κ3) is 3.03. The molecule has 4 rings (SSSR count). The Morgan fingerprint density at radius 2 is 2.00 bits per heavy atom. The maximum atomic E-state index is 13.4. The fraction of sp³-hybridized carbons (Fsp3) is 0.364. The molecule has 0 spiro atoms. The van der Waals surface area contributed by atoms with E-state index in [0.29, 0.717) is 6.04 Å². The van der Waals surface area contributed by atoms with E-state index in [2.05, 4.69) is 44.4 Å². The first kappa shape index (κ1) is 17.2. The van der Waals surface area contributed by atoms with E-state index >= 15 is 0 Å². The van der Waals surface area contributed by atoms with Crippen molar-refractivity contribution < 1.29 is 4.79 Å². The summed E-state index contributed by atoms with van der Waals surface area (Å²) in [6, 6.07) is 10.6. The minimum Gasteiger partial charge on any atom is -0.336 e. The lowest BCUT2D eigenvalue weighted by atomic mass is 9.98. The van der Waals surface area contributed by atoms with Gasteiger partial charge in [0.1, 0.15) is 0 Å². The normalized spacial score (nSPS) is 17.7. The molecule has 0 aliphatic carbocycles. The van der Waals surface area contributed by atoms with Gasteiger partial charge < -0.3 is 4.90 Å². The van der Waals surface area contributed by atoms with Crippen LogP contribution in [0.15, 0.2) is 35.7 Å². The van der Waals surface area contributed by atoms with Crippen molar-refractivity contribution in [1.82, 2.24) is 9.88 Å². The highest BCUT2D eigenvalue weighted by Crippen LogP contribution is 2.31. The molecule has 1 amide bonds. The Morgan fingerprint density at radius 1 is 1.19 bits per heavy atom. The van der Waals surface area contributed by atoms with Gasteiger partial charge in [-0.1, -0.05) is 6.07 Å². The molecule has 3 aromatic rings. The van der Waals surface area contributed by atoms with Gasteiger partial charge in [0.25, 0.3) is 5.91 Å². The monoisotopic (exact) mass is 364 g/mol. The van der Waals surface area contributed by atoms with Gasteiger partial charge in [-0.05, 0) is 80.8 Å². The zero-order valence-corrected chi connectivity index (χ0v) is 16.4. The summed E-state index contributed by atoms with van der Waals surface area (Å²) >= 11 is 1.66. The van der Waals surface area contributed by atoms with E-state index in [0.717, 1.165) is 46.4 Å². The third-order valence-corrected chi connectivity index (χ3v) is 6.38. The highest BCUT2D eigenvalue weighted by Gasteiger charge is 2.26. The number of carbonyl (C=O) groups is 1. The second-order valence-electron chi connectivity index (χ2n) is 7.33. The molecule has 3 heterocycles. The van der Waals surface area contributed by atoms with Crippen molar-refractivity contribution in [2.45, 2.75) is 46.1 Å². The minimum absolute atomic E-state index is 0.144. The molecule has 0 bridgehead atoms. The summed E-state index contributed by atoms with van der Waals surface area (Å²) in [7, 11) is 0. The molecule has 1 fully saturated rings. The van der Waals surface area contributed by atoms with E-state index < -0.39 is 0 Å². The summed E-state index contributed by atoms with van der Waals surface area (Å²) in [5, 5.41) is 3.02. The van der Waals surface area contributed by atoms with Crippen molar-refractivity contribution in [3.63, 3.8) is 0 Å². The maximum absolute atomic E-state index is 13.4. The summed E-state index contributed by atoms with van der Waals surface area (Å²) in [6.45, 7) is 7.21. The molecule has 0 N–H and O–H groups in total. The molecule has 26 heavy (non-hydrogen) atoms. The average Bonchev–Trinajstić information content (AvgIpc) is 3.16. The number of carbonyl (C=O) groups excluding carboxylic acids is 1. The Kier molecular flexibility index (Phi) is 4.53. The summed E-state index contributed by atoms with van der Waals surface area (Å²) in [5.41, 5.74) is 4.99. The number of fused-ring (bicyclic) bond motifs is 1. The molecular weight excluding hydrogens is 340 g/mol. The van der Waals surface area contributed by atoms with Crippen LogP contribution in [0.25, 0.3) is 21.5 Å². The fourth-order valence-corrected chi connectivity index (χ4v) is 4.45. The minimum atomic E-state index is 0.144. The fourth-order valence-electron chi connectivity index (χ4n) is 3.77. The van der Waals surface area contributed by atoms with Gasteiger partial charge in [-0.25, -0.2) is 4.98 Å². The van der Waals surface area contributed by atoms with Crippen molar-refractivity contribution in [1.29, 1.82) is 0 Å². The first-order valence-corrected chi connectivity index (χ1v) is 10.2. The molecule has 0 saturated carbocycles. The molecule has 1 aliphatic rings. The Balaban J connectivity index is 1.90. The summed E-state index contributed by atoms with van der Waals surface area (Å²) < 4.78 is 0. The van der Waals surface area contributed by atoms with Crippen LogP contribution in [0.1, 0.15) is 47.7 Å². The van der Waals surface area contributed by atoms with Crippen LogP contribution >= 0.6 is 11.3 Å². The number of piperidine rings is 1. The third-order valence-electron chi connectivity index (χ3n) is 5.49. The average molecular weight is 365 g/mol. The van der Waals surface area contributed by atoms with E-state index in [4.69, 9.17) is 4.98 Å². The van der Waals surface area contributed by atoms with Crippen LogP contribution in [-0.2, 0) is 0 Å². The summed E-state index contributed by atoms with van der Waals surface area (Å²) in [5.74, 6) is 0.144. The van der Waals surface area contributed by atoms with Crippen LogP contribution in [0.5, 0.6) is 0 Å². The summed E-state index contributed by atoms with van der Waals surface area (Å²) in [4.78, 5) is 21.5. The number of hydrogen-bond donors (Lipinski definition) is 0. The number of likely N-dealkylation sites (tertiary alicyclic amines) is 1. The number of rotatable bonds is 2. The molecule has 1 aromatic carbocycles. The molecule has 1 aliphatic heterocycles. The lowest BCUT2D eigenvalue weighted by Gasteiger charge is -2.33. The standard InChI is InChI=1S/C22H24N2OS/c1-14-11-17-18(22(25)24-9-5-4-7-16(24)3)13-20(21-8-6-10-26-21)23-19(17)12-15(14)2/h6,8,10-13,16H,4-5,7,9H2,1-3H3/t16-/m1/s1. The highest BCUT2D eigenvalue weighted by atomic mass is 32.1. The van der Waals surface area contributed by atoms with Gasteiger partial charge >= 0.3 is 0 Å². The lowest BCUT2D eigenvalue weighted by Crippen LogP contribution is -2.42. The van der Waals surface area contributed by atoms with E-state index in [-0.39, 0.29) is 5.91 Å². The van der Waals surface area contributed by atoms with Gasteiger partial charge in [0.15, 0.2) is 0 Å². The van der Waals surface area contributed by atoms with E-state index in [1.165, 1.54) is 17.5 Å². The van der Waals surface area contributed by atoms with Crippen LogP contribution < -0.4 is 0 Å². The smallest absolute Gasteiger partial charge is 0.254 e. The number of pyridine rings is 1. The zero-order chi connectivity index (χ0) is 18.3. The Bertz CT molecular complexity index is 962. The van der Waals surface area contributed by atoms with Crippen LogP contribution in [0.2, 0.25) is 0 Å². The first-order chi connectivity index (χ1) is 12.5. The Hall–Kier alpha value is -2.20. The van der Waals surface area contributed by atoms with Gasteiger partial charge in [0.2, 0.25) is 0 Å². The van der Waals surface area contributed by atoms with E-state index in [1.807, 2.05) is 17.0 Å². The van der Waals surface area contributed by atoms with Gasteiger partial charge in [-0.2, -0.15) is 0 Å². The number of amides is 1. The number of nitrogens with zero attached hydrogens (tertiary/aromatic N) is 2. The number of hydrogen-bond acceptors (Lipinski definition) is 3. The number of aryl methyl sites for hydroxylation is 2. The predicted molar refractivity (Wildman–Crippen MR) is 109 cm³/mol. The van der Waals surface area contributed by atoms with Gasteiger partial charge in [-0.15, -0.1) is 11.3 Å². The highest BCUT2D eigenvalue weighted by molar-refractivity contribution is 7.13. The van der Waals surface area contributed by atoms with Crippen molar-refractivity contribution in [2.24, 2.45) is 0 Å². The second kappa shape index (κ2) is 6.84. The predicted octanol–water partition coefficient (Wildman–Crippen LogP) is 5.59. The van der Waals surface area contributed by atoms with Crippen LogP contribution in [0, 0.1) is 13.8 Å². The van der Waals surface area contributed by atoms with Crippen molar-refractivity contribution >= 4 is 28.1 Å². The van der Waals surface area contributed by atoms with Crippen molar-refractivity contribution in [2.75, 3.05) is 6.54 Å². The first-order valence-electron chi connectivity index (χ1n) is 9.31. The van der Waals surface area contributed by atoms with Gasteiger partial charge in [0, 0.05) is 18.0 Å². The molecule has 1 saturated heterocycles. The molecule has 3 nitrogen and oxygen atoms in total. The molecule has 0 radical (unpaired) electrons. The maximum Gasteiger partial charge on any atom is 0.254 e.